The molecule has 1 saturated heterocycles. The Hall–Kier alpha value is -1.82. The fourth-order valence-corrected chi connectivity index (χ4v) is 2.18. The standard InChI is InChI=1S/C13H17NO5/c1-2-9(10-4-3-5-18-10)14-12(15)11-6-8(7-19-11)13(16)17/h6-7,9-10H,2-5H2,1H3,(H,14,15)(H,16,17). The minimum atomic E-state index is -1.12. The first kappa shape index (κ1) is 13.6. The molecule has 0 spiro atoms. The second-order valence-corrected chi connectivity index (χ2v) is 4.54. The lowest BCUT2D eigenvalue weighted by molar-refractivity contribution is 0.0651. The predicted octanol–water partition coefficient (Wildman–Crippen LogP) is 1.67. The molecule has 104 valence electrons. The molecular formula is C13H17NO5. The summed E-state index contributed by atoms with van der Waals surface area (Å²) in [6, 6.07) is 1.15. The molecule has 2 atom stereocenters. The molecule has 1 aliphatic heterocycles. The quantitative estimate of drug-likeness (QED) is 0.847. The number of hydrogen-bond donors (Lipinski definition) is 2. The van der Waals surface area contributed by atoms with E-state index in [1.807, 2.05) is 6.92 Å². The largest absolute Gasteiger partial charge is 0.478 e. The van der Waals surface area contributed by atoms with Crippen LogP contribution in [0.5, 0.6) is 0 Å². The van der Waals surface area contributed by atoms with E-state index in [0.717, 1.165) is 32.1 Å². The normalized spacial score (nSPS) is 20.2. The van der Waals surface area contributed by atoms with Crippen molar-refractivity contribution in [3.8, 4) is 0 Å². The minimum Gasteiger partial charge on any atom is -0.478 e. The number of nitrogens with one attached hydrogen (secondary N) is 1. The van der Waals surface area contributed by atoms with Crippen LogP contribution in [0.1, 0.15) is 47.1 Å². The Morgan fingerprint density at radius 2 is 2.37 bits per heavy atom. The van der Waals surface area contributed by atoms with E-state index in [2.05, 4.69) is 5.32 Å². The molecule has 1 aromatic heterocycles. The molecule has 2 N–H and O–H groups in total. The van der Waals surface area contributed by atoms with Crippen molar-refractivity contribution in [2.24, 2.45) is 0 Å². The van der Waals surface area contributed by atoms with Crippen LogP contribution in [0.25, 0.3) is 0 Å². The molecule has 0 bridgehead atoms. The molecule has 1 fully saturated rings. The molecule has 0 aliphatic carbocycles. The molecule has 0 saturated carbocycles. The third-order valence-electron chi connectivity index (χ3n) is 3.24. The molecule has 0 radical (unpaired) electrons. The van der Waals surface area contributed by atoms with Gasteiger partial charge in [-0.1, -0.05) is 6.92 Å². The number of carbonyl (C=O) groups excluding carboxylic acids is 1. The van der Waals surface area contributed by atoms with E-state index in [0.29, 0.717) is 0 Å². The Bertz CT molecular complexity index is 461. The topological polar surface area (TPSA) is 88.8 Å². The van der Waals surface area contributed by atoms with Crippen LogP contribution in [0.3, 0.4) is 0 Å². The highest BCUT2D eigenvalue weighted by Gasteiger charge is 2.27. The maximum absolute atomic E-state index is 12.0. The van der Waals surface area contributed by atoms with Gasteiger partial charge in [0.1, 0.15) is 6.26 Å². The fraction of sp³-hybridized carbons (Fsp3) is 0.538. The van der Waals surface area contributed by atoms with Crippen molar-refractivity contribution in [1.29, 1.82) is 0 Å². The van der Waals surface area contributed by atoms with Gasteiger partial charge in [-0.3, -0.25) is 4.79 Å². The van der Waals surface area contributed by atoms with Gasteiger partial charge < -0.3 is 19.6 Å². The summed E-state index contributed by atoms with van der Waals surface area (Å²) in [4.78, 5) is 22.7. The van der Waals surface area contributed by atoms with Gasteiger partial charge in [0.05, 0.1) is 17.7 Å². The van der Waals surface area contributed by atoms with Gasteiger partial charge in [0, 0.05) is 12.7 Å². The molecule has 6 heteroatoms. The summed E-state index contributed by atoms with van der Waals surface area (Å²) in [6.07, 6.45) is 3.77. The SMILES string of the molecule is CCC(NC(=O)c1cc(C(=O)O)co1)C1CCCO1. The summed E-state index contributed by atoms with van der Waals surface area (Å²) in [6.45, 7) is 2.69. The number of hydrogen-bond acceptors (Lipinski definition) is 4. The van der Waals surface area contributed by atoms with E-state index in [1.165, 1.54) is 6.07 Å². The molecule has 19 heavy (non-hydrogen) atoms. The molecule has 1 aliphatic rings. The summed E-state index contributed by atoms with van der Waals surface area (Å²) < 4.78 is 10.5. The predicted molar refractivity (Wildman–Crippen MR) is 66.2 cm³/mol. The van der Waals surface area contributed by atoms with Gasteiger partial charge in [-0.25, -0.2) is 4.79 Å². The number of carbonyl (C=O) groups is 2. The number of amides is 1. The number of carboxylic acids is 1. The van der Waals surface area contributed by atoms with Crippen LogP contribution in [-0.2, 0) is 4.74 Å². The van der Waals surface area contributed by atoms with Crippen LogP contribution in [0.2, 0.25) is 0 Å². The maximum atomic E-state index is 12.0. The number of ether oxygens (including phenoxy) is 1. The first-order valence-electron chi connectivity index (χ1n) is 6.36. The average Bonchev–Trinajstić information content (AvgIpc) is 3.05. The first-order chi connectivity index (χ1) is 9.11. The van der Waals surface area contributed by atoms with Crippen molar-refractivity contribution in [2.45, 2.75) is 38.3 Å². The smallest absolute Gasteiger partial charge is 0.338 e. The Labute approximate surface area is 110 Å². The third-order valence-corrected chi connectivity index (χ3v) is 3.24. The molecule has 6 nitrogen and oxygen atoms in total. The first-order valence-corrected chi connectivity index (χ1v) is 6.36. The van der Waals surface area contributed by atoms with Crippen molar-refractivity contribution < 1.29 is 23.8 Å². The van der Waals surface area contributed by atoms with E-state index in [4.69, 9.17) is 14.3 Å². The monoisotopic (exact) mass is 267 g/mol. The van der Waals surface area contributed by atoms with Gasteiger partial charge in [-0.15, -0.1) is 0 Å². The Morgan fingerprint density at radius 3 is 2.89 bits per heavy atom. The van der Waals surface area contributed by atoms with Crippen molar-refractivity contribution in [2.75, 3.05) is 6.61 Å². The molecule has 1 aromatic rings. The Balaban J connectivity index is 2.00. The highest BCUT2D eigenvalue weighted by Crippen LogP contribution is 2.18. The van der Waals surface area contributed by atoms with Crippen molar-refractivity contribution in [3.63, 3.8) is 0 Å². The van der Waals surface area contributed by atoms with Crippen LogP contribution in [0, 0.1) is 0 Å². The van der Waals surface area contributed by atoms with Crippen molar-refractivity contribution >= 4 is 11.9 Å². The second-order valence-electron chi connectivity index (χ2n) is 4.54. The zero-order valence-corrected chi connectivity index (χ0v) is 10.7. The number of aromatic carboxylic acids is 1. The molecular weight excluding hydrogens is 250 g/mol. The van der Waals surface area contributed by atoms with E-state index < -0.39 is 11.9 Å². The lowest BCUT2D eigenvalue weighted by Crippen LogP contribution is -2.42. The molecule has 2 rings (SSSR count). The molecule has 0 aromatic carbocycles. The number of rotatable bonds is 5. The van der Waals surface area contributed by atoms with Gasteiger partial charge in [0.25, 0.3) is 5.91 Å². The van der Waals surface area contributed by atoms with Gasteiger partial charge in [0.15, 0.2) is 5.76 Å². The number of furan rings is 1. The summed E-state index contributed by atoms with van der Waals surface area (Å²) >= 11 is 0. The van der Waals surface area contributed by atoms with Crippen LogP contribution < -0.4 is 5.32 Å². The van der Waals surface area contributed by atoms with Gasteiger partial charge in [0.2, 0.25) is 0 Å². The van der Waals surface area contributed by atoms with Gasteiger partial charge >= 0.3 is 5.97 Å². The summed E-state index contributed by atoms with van der Waals surface area (Å²) in [5, 5.41) is 11.6. The zero-order valence-electron chi connectivity index (χ0n) is 10.7. The van der Waals surface area contributed by atoms with Crippen molar-refractivity contribution in [1.82, 2.24) is 5.32 Å². The Morgan fingerprint density at radius 1 is 1.58 bits per heavy atom. The average molecular weight is 267 g/mol. The maximum Gasteiger partial charge on any atom is 0.338 e. The van der Waals surface area contributed by atoms with Crippen LogP contribution in [-0.4, -0.2) is 35.7 Å². The second kappa shape index (κ2) is 5.88. The Kier molecular flexibility index (Phi) is 4.21. The van der Waals surface area contributed by atoms with E-state index in [9.17, 15) is 9.59 Å². The summed E-state index contributed by atoms with van der Waals surface area (Å²) in [7, 11) is 0. The van der Waals surface area contributed by atoms with Crippen LogP contribution in [0.4, 0.5) is 0 Å². The molecule has 1 amide bonds. The highest BCUT2D eigenvalue weighted by atomic mass is 16.5. The van der Waals surface area contributed by atoms with E-state index >= 15 is 0 Å². The van der Waals surface area contributed by atoms with Crippen LogP contribution >= 0.6 is 0 Å². The third kappa shape index (κ3) is 3.14. The van der Waals surface area contributed by atoms with Crippen molar-refractivity contribution in [3.05, 3.63) is 23.7 Å². The highest BCUT2D eigenvalue weighted by molar-refractivity contribution is 5.95. The minimum absolute atomic E-state index is 0.00819. The van der Waals surface area contributed by atoms with E-state index in [1.54, 1.807) is 0 Å². The summed E-state index contributed by atoms with van der Waals surface area (Å²) in [5.41, 5.74) is -0.0321. The lowest BCUT2D eigenvalue weighted by atomic mass is 10.1. The molecule has 2 unspecified atom stereocenters. The molecule has 2 heterocycles. The van der Waals surface area contributed by atoms with Crippen LogP contribution in [0.15, 0.2) is 16.7 Å². The van der Waals surface area contributed by atoms with E-state index in [-0.39, 0.29) is 23.5 Å². The van der Waals surface area contributed by atoms with Gasteiger partial charge in [-0.2, -0.15) is 0 Å². The fourth-order valence-electron chi connectivity index (χ4n) is 2.18. The zero-order chi connectivity index (χ0) is 13.8. The summed E-state index contributed by atoms with van der Waals surface area (Å²) in [5.74, 6) is -1.52. The van der Waals surface area contributed by atoms with Gasteiger partial charge in [-0.05, 0) is 19.3 Å². The lowest BCUT2D eigenvalue weighted by Gasteiger charge is -2.22. The number of carboxylic acid groups (broad SMARTS) is 1.